The highest BCUT2D eigenvalue weighted by atomic mass is 16.5. The van der Waals surface area contributed by atoms with Crippen LogP contribution in [0.4, 0.5) is 0 Å². The SMILES string of the molecule is COc1cccc2c1CC(=O)N(C)C2=O. The molecule has 0 bridgehead atoms. The Morgan fingerprint density at radius 3 is 2.73 bits per heavy atom. The van der Waals surface area contributed by atoms with E-state index in [4.69, 9.17) is 4.74 Å². The third-order valence-electron chi connectivity index (χ3n) is 2.59. The number of carbonyl (C=O) groups is 2. The summed E-state index contributed by atoms with van der Waals surface area (Å²) in [5.41, 5.74) is 1.24. The molecule has 15 heavy (non-hydrogen) atoms. The topological polar surface area (TPSA) is 46.6 Å². The molecule has 1 aliphatic heterocycles. The van der Waals surface area contributed by atoms with Gasteiger partial charge in [-0.25, -0.2) is 0 Å². The fraction of sp³-hybridized carbons (Fsp3) is 0.273. The lowest BCUT2D eigenvalue weighted by molar-refractivity contribution is -0.127. The molecule has 1 aromatic carbocycles. The largest absolute Gasteiger partial charge is 0.496 e. The van der Waals surface area contributed by atoms with Gasteiger partial charge in [0.15, 0.2) is 0 Å². The van der Waals surface area contributed by atoms with Crippen LogP contribution in [0.15, 0.2) is 18.2 Å². The lowest BCUT2D eigenvalue weighted by Gasteiger charge is -2.24. The minimum absolute atomic E-state index is 0.197. The van der Waals surface area contributed by atoms with Crippen LogP contribution in [-0.4, -0.2) is 30.9 Å². The number of nitrogens with zero attached hydrogens (tertiary/aromatic N) is 1. The highest BCUT2D eigenvalue weighted by Crippen LogP contribution is 2.27. The number of benzene rings is 1. The van der Waals surface area contributed by atoms with Crippen molar-refractivity contribution in [2.75, 3.05) is 14.2 Å². The standard InChI is InChI=1S/C11H11NO3/c1-12-10(13)6-8-7(11(12)14)4-3-5-9(8)15-2/h3-5H,6H2,1-2H3. The van der Waals surface area contributed by atoms with Crippen molar-refractivity contribution in [1.82, 2.24) is 4.90 Å². The van der Waals surface area contributed by atoms with Crippen molar-refractivity contribution in [3.05, 3.63) is 29.3 Å². The van der Waals surface area contributed by atoms with Gasteiger partial charge in [-0.2, -0.15) is 0 Å². The number of ether oxygens (including phenoxy) is 1. The zero-order chi connectivity index (χ0) is 11.0. The summed E-state index contributed by atoms with van der Waals surface area (Å²) >= 11 is 0. The molecule has 2 rings (SSSR count). The minimum atomic E-state index is -0.264. The van der Waals surface area contributed by atoms with Gasteiger partial charge in [0.2, 0.25) is 5.91 Å². The molecule has 4 nitrogen and oxygen atoms in total. The van der Waals surface area contributed by atoms with Gasteiger partial charge in [-0.3, -0.25) is 14.5 Å². The van der Waals surface area contributed by atoms with Crippen molar-refractivity contribution in [2.24, 2.45) is 0 Å². The van der Waals surface area contributed by atoms with Crippen LogP contribution in [0, 0.1) is 0 Å². The first-order chi connectivity index (χ1) is 7.15. The highest BCUT2D eigenvalue weighted by molar-refractivity contribution is 6.10. The van der Waals surface area contributed by atoms with E-state index in [1.54, 1.807) is 18.2 Å². The smallest absolute Gasteiger partial charge is 0.260 e. The Bertz CT molecular complexity index is 439. The summed E-state index contributed by atoms with van der Waals surface area (Å²) in [6.07, 6.45) is 0.224. The first kappa shape index (κ1) is 9.71. The maximum atomic E-state index is 11.7. The van der Waals surface area contributed by atoms with E-state index in [1.807, 2.05) is 0 Å². The lowest BCUT2D eigenvalue weighted by atomic mass is 9.98. The van der Waals surface area contributed by atoms with Crippen LogP contribution >= 0.6 is 0 Å². The maximum Gasteiger partial charge on any atom is 0.260 e. The summed E-state index contributed by atoms with van der Waals surface area (Å²) in [5.74, 6) is 0.138. The van der Waals surface area contributed by atoms with Gasteiger partial charge in [-0.1, -0.05) is 6.07 Å². The van der Waals surface area contributed by atoms with E-state index in [2.05, 4.69) is 0 Å². The number of fused-ring (bicyclic) bond motifs is 1. The van der Waals surface area contributed by atoms with E-state index in [1.165, 1.54) is 14.2 Å². The molecule has 0 fully saturated rings. The molecule has 2 amide bonds. The molecule has 1 aliphatic rings. The van der Waals surface area contributed by atoms with Crippen LogP contribution in [0.1, 0.15) is 15.9 Å². The van der Waals surface area contributed by atoms with Crippen LogP contribution in [0.3, 0.4) is 0 Å². The van der Waals surface area contributed by atoms with Crippen LogP contribution < -0.4 is 4.74 Å². The van der Waals surface area contributed by atoms with Gasteiger partial charge in [-0.15, -0.1) is 0 Å². The first-order valence-corrected chi connectivity index (χ1v) is 4.62. The zero-order valence-electron chi connectivity index (χ0n) is 8.61. The first-order valence-electron chi connectivity index (χ1n) is 4.62. The second kappa shape index (κ2) is 3.38. The Balaban J connectivity index is 2.59. The van der Waals surface area contributed by atoms with E-state index >= 15 is 0 Å². The van der Waals surface area contributed by atoms with Gasteiger partial charge in [0, 0.05) is 18.2 Å². The Kier molecular flexibility index (Phi) is 2.19. The molecule has 0 unspecified atom stereocenters. The fourth-order valence-corrected chi connectivity index (χ4v) is 1.70. The van der Waals surface area contributed by atoms with Crippen molar-refractivity contribution in [3.8, 4) is 5.75 Å². The molecule has 0 aliphatic carbocycles. The number of imide groups is 1. The summed E-state index contributed by atoms with van der Waals surface area (Å²) < 4.78 is 5.12. The van der Waals surface area contributed by atoms with Crippen molar-refractivity contribution < 1.29 is 14.3 Å². The second-order valence-electron chi connectivity index (χ2n) is 3.42. The number of carbonyl (C=O) groups excluding carboxylic acids is 2. The molecule has 0 radical (unpaired) electrons. The molecule has 0 saturated carbocycles. The molecular formula is C11H11NO3. The third-order valence-corrected chi connectivity index (χ3v) is 2.59. The van der Waals surface area contributed by atoms with Crippen LogP contribution in [0.25, 0.3) is 0 Å². The maximum absolute atomic E-state index is 11.7. The van der Waals surface area contributed by atoms with Gasteiger partial charge >= 0.3 is 0 Å². The van der Waals surface area contributed by atoms with Gasteiger partial charge in [0.25, 0.3) is 5.91 Å². The average Bonchev–Trinajstić information content (AvgIpc) is 2.25. The molecule has 0 N–H and O–H groups in total. The Morgan fingerprint density at radius 1 is 1.33 bits per heavy atom. The quantitative estimate of drug-likeness (QED) is 0.638. The average molecular weight is 205 g/mol. The molecule has 1 aromatic rings. The van der Waals surface area contributed by atoms with E-state index in [0.29, 0.717) is 16.9 Å². The number of methoxy groups -OCH3 is 1. The molecule has 0 spiro atoms. The predicted molar refractivity (Wildman–Crippen MR) is 53.8 cm³/mol. The Labute approximate surface area is 87.4 Å². The molecule has 78 valence electrons. The predicted octanol–water partition coefficient (Wildman–Crippen LogP) is 0.850. The highest BCUT2D eigenvalue weighted by Gasteiger charge is 2.29. The summed E-state index contributed by atoms with van der Waals surface area (Å²) in [7, 11) is 3.02. The number of rotatable bonds is 1. The zero-order valence-corrected chi connectivity index (χ0v) is 8.61. The third kappa shape index (κ3) is 1.38. The van der Waals surface area contributed by atoms with Crippen LogP contribution in [-0.2, 0) is 11.2 Å². The fourth-order valence-electron chi connectivity index (χ4n) is 1.70. The van der Waals surface area contributed by atoms with Gasteiger partial charge in [-0.05, 0) is 12.1 Å². The molecule has 0 aromatic heterocycles. The summed E-state index contributed by atoms with van der Waals surface area (Å²) in [6, 6.07) is 5.22. The van der Waals surface area contributed by atoms with Gasteiger partial charge in [0.05, 0.1) is 13.5 Å². The van der Waals surface area contributed by atoms with Crippen molar-refractivity contribution >= 4 is 11.8 Å². The number of hydrogen-bond acceptors (Lipinski definition) is 3. The number of hydrogen-bond donors (Lipinski definition) is 0. The van der Waals surface area contributed by atoms with E-state index < -0.39 is 0 Å². The van der Waals surface area contributed by atoms with E-state index in [0.717, 1.165) is 4.90 Å². The normalized spacial score (nSPS) is 15.2. The van der Waals surface area contributed by atoms with E-state index in [-0.39, 0.29) is 18.2 Å². The van der Waals surface area contributed by atoms with E-state index in [9.17, 15) is 9.59 Å². The number of amides is 2. The second-order valence-corrected chi connectivity index (χ2v) is 3.42. The Morgan fingerprint density at radius 2 is 2.07 bits per heavy atom. The van der Waals surface area contributed by atoms with Gasteiger partial charge < -0.3 is 4.74 Å². The number of likely N-dealkylation sites (N-methyl/N-ethyl adjacent to an activating group) is 1. The van der Waals surface area contributed by atoms with Crippen molar-refractivity contribution in [2.45, 2.75) is 6.42 Å². The van der Waals surface area contributed by atoms with Crippen LogP contribution in [0.2, 0.25) is 0 Å². The van der Waals surface area contributed by atoms with Crippen molar-refractivity contribution in [1.29, 1.82) is 0 Å². The molecule has 1 heterocycles. The molecule has 0 saturated heterocycles. The molecule has 0 atom stereocenters. The molecule has 4 heteroatoms. The molecular weight excluding hydrogens is 194 g/mol. The summed E-state index contributed by atoms with van der Waals surface area (Å²) in [5, 5.41) is 0. The minimum Gasteiger partial charge on any atom is -0.496 e. The Hall–Kier alpha value is -1.84. The lowest BCUT2D eigenvalue weighted by Crippen LogP contribution is -2.39. The van der Waals surface area contributed by atoms with Crippen LogP contribution in [0.5, 0.6) is 5.75 Å². The summed E-state index contributed by atoms with van der Waals surface area (Å²) in [4.78, 5) is 24.4. The van der Waals surface area contributed by atoms with Crippen molar-refractivity contribution in [3.63, 3.8) is 0 Å². The van der Waals surface area contributed by atoms with Gasteiger partial charge in [0.1, 0.15) is 5.75 Å². The summed E-state index contributed by atoms with van der Waals surface area (Å²) in [6.45, 7) is 0. The monoisotopic (exact) mass is 205 g/mol.